The molecule has 0 aromatic heterocycles. The lowest BCUT2D eigenvalue weighted by Gasteiger charge is -2.25. The minimum Gasteiger partial charge on any atom is -0.493 e. The van der Waals surface area contributed by atoms with Crippen molar-refractivity contribution in [3.63, 3.8) is 0 Å². The fraction of sp³-hybridized carbons (Fsp3) is 0.286. The van der Waals surface area contributed by atoms with Crippen molar-refractivity contribution in [2.24, 2.45) is 0 Å². The molecular formula is C28H31N3O4. The van der Waals surface area contributed by atoms with Crippen LogP contribution in [0.1, 0.15) is 27.0 Å². The van der Waals surface area contributed by atoms with Gasteiger partial charge in [0.15, 0.2) is 11.5 Å². The molecule has 0 bridgehead atoms. The molecule has 7 nitrogen and oxygen atoms in total. The maximum Gasteiger partial charge on any atom is 0.254 e. The Bertz CT molecular complexity index is 1130. The van der Waals surface area contributed by atoms with Crippen molar-refractivity contribution in [1.29, 1.82) is 5.26 Å². The van der Waals surface area contributed by atoms with E-state index in [1.54, 1.807) is 43.4 Å². The van der Waals surface area contributed by atoms with Gasteiger partial charge in [0.05, 0.1) is 25.9 Å². The Morgan fingerprint density at radius 2 is 1.51 bits per heavy atom. The van der Waals surface area contributed by atoms with Crippen LogP contribution in [0.3, 0.4) is 0 Å². The Morgan fingerprint density at radius 3 is 2.06 bits per heavy atom. The van der Waals surface area contributed by atoms with Crippen molar-refractivity contribution in [2.75, 3.05) is 41.4 Å². The lowest BCUT2D eigenvalue weighted by molar-refractivity contribution is 0.0731. The average molecular weight is 474 g/mol. The molecule has 0 atom stereocenters. The second-order valence-corrected chi connectivity index (χ2v) is 8.32. The van der Waals surface area contributed by atoms with Crippen LogP contribution in [0.15, 0.2) is 66.7 Å². The molecule has 182 valence electrons. The summed E-state index contributed by atoms with van der Waals surface area (Å²) in [7, 11) is 7.02. The molecule has 0 saturated carbocycles. The molecule has 0 aliphatic carbocycles. The standard InChI is InChI=1S/C28H31N3O4/c1-30(2)14-15-31(19-22-12-10-21(18-29)11-13-22)28(32)24-16-25(33-3)27(26(17-24)34-4)35-20-23-8-6-5-7-9-23/h5-13,16-17H,14-15,19-20H2,1-4H3. The molecule has 3 aromatic rings. The highest BCUT2D eigenvalue weighted by atomic mass is 16.5. The first-order chi connectivity index (χ1) is 16.9. The SMILES string of the molecule is COc1cc(C(=O)N(CCN(C)C)Cc2ccc(C#N)cc2)cc(OC)c1OCc1ccccc1. The molecule has 35 heavy (non-hydrogen) atoms. The minimum absolute atomic E-state index is 0.151. The summed E-state index contributed by atoms with van der Waals surface area (Å²) < 4.78 is 17.2. The van der Waals surface area contributed by atoms with Gasteiger partial charge in [0, 0.05) is 25.2 Å². The number of likely N-dealkylation sites (N-methyl/N-ethyl adjacent to an activating group) is 1. The lowest BCUT2D eigenvalue weighted by atomic mass is 10.1. The predicted octanol–water partition coefficient (Wildman–Crippen LogP) is 4.36. The van der Waals surface area contributed by atoms with Crippen LogP contribution in [-0.2, 0) is 13.2 Å². The van der Waals surface area contributed by atoms with E-state index in [2.05, 4.69) is 6.07 Å². The number of nitrogens with zero attached hydrogens (tertiary/aromatic N) is 3. The highest BCUT2D eigenvalue weighted by molar-refractivity contribution is 5.95. The summed E-state index contributed by atoms with van der Waals surface area (Å²) in [5.41, 5.74) is 2.98. The number of carbonyl (C=O) groups excluding carboxylic acids is 1. The van der Waals surface area contributed by atoms with Crippen molar-refractivity contribution in [3.8, 4) is 23.3 Å². The van der Waals surface area contributed by atoms with Crippen molar-refractivity contribution in [3.05, 3.63) is 89.0 Å². The van der Waals surface area contributed by atoms with Gasteiger partial charge in [0.1, 0.15) is 6.61 Å². The molecule has 0 aliphatic rings. The Labute approximate surface area is 207 Å². The summed E-state index contributed by atoms with van der Waals surface area (Å²) in [6.07, 6.45) is 0. The molecule has 0 fully saturated rings. The first-order valence-corrected chi connectivity index (χ1v) is 11.3. The Balaban J connectivity index is 1.88. The molecule has 0 radical (unpaired) electrons. The number of rotatable bonds is 11. The molecule has 7 heteroatoms. The fourth-order valence-electron chi connectivity index (χ4n) is 3.54. The van der Waals surface area contributed by atoms with Crippen LogP contribution < -0.4 is 14.2 Å². The summed E-state index contributed by atoms with van der Waals surface area (Å²) in [6, 6.07) is 22.6. The van der Waals surface area contributed by atoms with Crippen LogP contribution in [0.25, 0.3) is 0 Å². The molecule has 0 aliphatic heterocycles. The van der Waals surface area contributed by atoms with E-state index in [1.807, 2.05) is 61.5 Å². The van der Waals surface area contributed by atoms with Crippen molar-refractivity contribution >= 4 is 5.91 Å². The maximum atomic E-state index is 13.6. The molecule has 0 N–H and O–H groups in total. The van der Waals surface area contributed by atoms with Crippen molar-refractivity contribution in [1.82, 2.24) is 9.80 Å². The molecule has 1 amide bonds. The van der Waals surface area contributed by atoms with E-state index in [0.717, 1.165) is 11.1 Å². The van der Waals surface area contributed by atoms with Crippen LogP contribution in [0.5, 0.6) is 17.2 Å². The van der Waals surface area contributed by atoms with Crippen molar-refractivity contribution < 1.29 is 19.0 Å². The van der Waals surface area contributed by atoms with Gasteiger partial charge in [-0.15, -0.1) is 0 Å². The van der Waals surface area contributed by atoms with Gasteiger partial charge >= 0.3 is 0 Å². The first kappa shape index (κ1) is 25.6. The topological polar surface area (TPSA) is 75.0 Å². The zero-order chi connectivity index (χ0) is 25.2. The smallest absolute Gasteiger partial charge is 0.254 e. The van der Waals surface area contributed by atoms with Gasteiger partial charge in [0.25, 0.3) is 5.91 Å². The van der Waals surface area contributed by atoms with Gasteiger partial charge in [0.2, 0.25) is 5.75 Å². The number of ether oxygens (including phenoxy) is 3. The normalized spacial score (nSPS) is 10.5. The van der Waals surface area contributed by atoms with Crippen LogP contribution in [-0.4, -0.2) is 57.1 Å². The second kappa shape index (κ2) is 12.4. The number of amides is 1. The molecule has 0 saturated heterocycles. The van der Waals surface area contributed by atoms with E-state index in [0.29, 0.717) is 54.6 Å². The lowest BCUT2D eigenvalue weighted by Crippen LogP contribution is -2.36. The van der Waals surface area contributed by atoms with Gasteiger partial charge in [-0.3, -0.25) is 4.79 Å². The zero-order valence-electron chi connectivity index (χ0n) is 20.7. The molecule has 0 unspecified atom stereocenters. The molecular weight excluding hydrogens is 442 g/mol. The van der Waals surface area contributed by atoms with Crippen molar-refractivity contribution in [2.45, 2.75) is 13.2 Å². The summed E-state index contributed by atoms with van der Waals surface area (Å²) in [6.45, 7) is 1.99. The van der Waals surface area contributed by atoms with Crippen LogP contribution in [0.2, 0.25) is 0 Å². The number of hydrogen-bond acceptors (Lipinski definition) is 6. The monoisotopic (exact) mass is 473 g/mol. The van der Waals surface area contributed by atoms with Gasteiger partial charge in [-0.25, -0.2) is 0 Å². The molecule has 3 aromatic carbocycles. The summed E-state index contributed by atoms with van der Waals surface area (Å²) in [5.74, 6) is 1.15. The van der Waals surface area contributed by atoms with Gasteiger partial charge in [-0.05, 0) is 49.5 Å². The Morgan fingerprint density at radius 1 is 0.886 bits per heavy atom. The average Bonchev–Trinajstić information content (AvgIpc) is 2.89. The van der Waals surface area contributed by atoms with Crippen LogP contribution in [0, 0.1) is 11.3 Å². The minimum atomic E-state index is -0.151. The number of methoxy groups -OCH3 is 2. The number of nitriles is 1. The van der Waals surface area contributed by atoms with E-state index in [9.17, 15) is 4.79 Å². The molecule has 0 heterocycles. The van der Waals surface area contributed by atoms with E-state index >= 15 is 0 Å². The number of hydrogen-bond donors (Lipinski definition) is 0. The Kier molecular flexibility index (Phi) is 9.10. The van der Waals surface area contributed by atoms with E-state index in [4.69, 9.17) is 19.5 Å². The maximum absolute atomic E-state index is 13.6. The quantitative estimate of drug-likeness (QED) is 0.412. The summed E-state index contributed by atoms with van der Waals surface area (Å²) >= 11 is 0. The van der Waals surface area contributed by atoms with Crippen LogP contribution >= 0.6 is 0 Å². The predicted molar refractivity (Wildman–Crippen MR) is 135 cm³/mol. The zero-order valence-corrected chi connectivity index (χ0v) is 20.7. The largest absolute Gasteiger partial charge is 0.493 e. The number of benzene rings is 3. The van der Waals surface area contributed by atoms with Gasteiger partial charge in [-0.1, -0.05) is 42.5 Å². The highest BCUT2D eigenvalue weighted by Crippen LogP contribution is 2.39. The third-order valence-corrected chi connectivity index (χ3v) is 5.49. The van der Waals surface area contributed by atoms with Crippen LogP contribution in [0.4, 0.5) is 0 Å². The third-order valence-electron chi connectivity index (χ3n) is 5.49. The third kappa shape index (κ3) is 6.98. The summed E-state index contributed by atoms with van der Waals surface area (Å²) in [4.78, 5) is 17.4. The molecule has 0 spiro atoms. The van der Waals surface area contributed by atoms with E-state index in [-0.39, 0.29) is 5.91 Å². The second-order valence-electron chi connectivity index (χ2n) is 8.32. The van der Waals surface area contributed by atoms with Gasteiger partial charge < -0.3 is 24.0 Å². The van der Waals surface area contributed by atoms with E-state index < -0.39 is 0 Å². The summed E-state index contributed by atoms with van der Waals surface area (Å²) in [5, 5.41) is 9.06. The van der Waals surface area contributed by atoms with E-state index in [1.165, 1.54) is 0 Å². The van der Waals surface area contributed by atoms with Gasteiger partial charge in [-0.2, -0.15) is 5.26 Å². The first-order valence-electron chi connectivity index (χ1n) is 11.3. The molecule has 3 rings (SSSR count). The fourth-order valence-corrected chi connectivity index (χ4v) is 3.54. The highest BCUT2D eigenvalue weighted by Gasteiger charge is 2.22. The number of carbonyl (C=O) groups is 1. The Hall–Kier alpha value is -4.02.